The average molecular weight is 431 g/mol. The lowest BCUT2D eigenvalue weighted by Gasteiger charge is -2.09. The molecule has 0 aliphatic carbocycles. The Balaban J connectivity index is 1.66. The minimum absolute atomic E-state index is 0.237. The van der Waals surface area contributed by atoms with Crippen molar-refractivity contribution in [3.05, 3.63) is 70.0 Å². The van der Waals surface area contributed by atoms with Crippen LogP contribution >= 0.6 is 34.5 Å². The minimum Gasteiger partial charge on any atom is -0.298 e. The average Bonchev–Trinajstić information content (AvgIpc) is 3.27. The number of thiazole rings is 1. The number of nitrogens with zero attached hydrogens (tertiary/aromatic N) is 3. The van der Waals surface area contributed by atoms with Crippen LogP contribution in [0.1, 0.15) is 29.4 Å². The quantitative estimate of drug-likeness (QED) is 0.422. The molecule has 0 atom stereocenters. The molecule has 2 aromatic heterocycles. The van der Waals surface area contributed by atoms with Gasteiger partial charge in [0, 0.05) is 5.02 Å². The predicted molar refractivity (Wildman–Crippen MR) is 115 cm³/mol. The molecule has 0 aliphatic rings. The molecule has 1 N–H and O–H groups in total. The van der Waals surface area contributed by atoms with E-state index in [9.17, 15) is 4.79 Å². The van der Waals surface area contributed by atoms with Gasteiger partial charge in [0.15, 0.2) is 5.13 Å². The molecule has 0 fully saturated rings. The molecule has 0 saturated carbocycles. The smallest absolute Gasteiger partial charge is 0.260 e. The van der Waals surface area contributed by atoms with E-state index in [1.807, 2.05) is 24.3 Å². The molecule has 0 spiro atoms. The molecular weight excluding hydrogens is 415 g/mol. The highest BCUT2D eigenvalue weighted by atomic mass is 35.5. The van der Waals surface area contributed by atoms with Crippen LogP contribution in [0.3, 0.4) is 0 Å². The Labute approximate surface area is 175 Å². The zero-order valence-electron chi connectivity index (χ0n) is 14.9. The SMILES string of the molecule is CCCc1c(C(=O)Nc2nc3c(Cl)cccc3s2)cnn1-c1ccc(Cl)cc1. The highest BCUT2D eigenvalue weighted by Crippen LogP contribution is 2.31. The topological polar surface area (TPSA) is 59.8 Å². The number of amides is 1. The van der Waals surface area contributed by atoms with Gasteiger partial charge in [-0.25, -0.2) is 9.67 Å². The fourth-order valence-corrected chi connectivity index (χ4v) is 4.27. The van der Waals surface area contributed by atoms with Crippen molar-refractivity contribution in [1.29, 1.82) is 0 Å². The summed E-state index contributed by atoms with van der Waals surface area (Å²) < 4.78 is 2.71. The Hall–Kier alpha value is -2.41. The van der Waals surface area contributed by atoms with Crippen LogP contribution < -0.4 is 5.32 Å². The van der Waals surface area contributed by atoms with Crippen LogP contribution in [0.4, 0.5) is 5.13 Å². The van der Waals surface area contributed by atoms with Crippen LogP contribution in [-0.4, -0.2) is 20.7 Å². The van der Waals surface area contributed by atoms with Crippen molar-refractivity contribution < 1.29 is 4.79 Å². The molecule has 0 bridgehead atoms. The van der Waals surface area contributed by atoms with Gasteiger partial charge in [-0.15, -0.1) is 0 Å². The Morgan fingerprint density at radius 3 is 2.68 bits per heavy atom. The summed E-state index contributed by atoms with van der Waals surface area (Å²) in [5.41, 5.74) is 2.93. The molecule has 0 saturated heterocycles. The summed E-state index contributed by atoms with van der Waals surface area (Å²) in [7, 11) is 0. The summed E-state index contributed by atoms with van der Waals surface area (Å²) in [5.74, 6) is -0.237. The first-order chi connectivity index (χ1) is 13.6. The van der Waals surface area contributed by atoms with Gasteiger partial charge in [-0.05, 0) is 42.8 Å². The van der Waals surface area contributed by atoms with Gasteiger partial charge in [0.2, 0.25) is 0 Å². The Morgan fingerprint density at radius 2 is 1.96 bits per heavy atom. The highest BCUT2D eigenvalue weighted by Gasteiger charge is 2.19. The van der Waals surface area contributed by atoms with Crippen LogP contribution in [0.25, 0.3) is 15.9 Å². The molecule has 0 unspecified atom stereocenters. The van der Waals surface area contributed by atoms with Gasteiger partial charge >= 0.3 is 0 Å². The van der Waals surface area contributed by atoms with E-state index in [-0.39, 0.29) is 5.91 Å². The lowest BCUT2D eigenvalue weighted by Crippen LogP contribution is -2.14. The maximum atomic E-state index is 12.9. The second-order valence-corrected chi connectivity index (χ2v) is 8.08. The third-order valence-electron chi connectivity index (χ3n) is 4.26. The Bertz CT molecular complexity index is 1150. The monoisotopic (exact) mass is 430 g/mol. The highest BCUT2D eigenvalue weighted by molar-refractivity contribution is 7.22. The van der Waals surface area contributed by atoms with E-state index < -0.39 is 0 Å². The molecule has 4 rings (SSSR count). The number of para-hydroxylation sites is 1. The van der Waals surface area contributed by atoms with E-state index in [0.717, 1.165) is 28.9 Å². The Morgan fingerprint density at radius 1 is 1.18 bits per heavy atom. The molecule has 8 heteroatoms. The predicted octanol–water partition coefficient (Wildman–Crippen LogP) is 5.99. The van der Waals surface area contributed by atoms with Gasteiger partial charge in [-0.3, -0.25) is 10.1 Å². The molecule has 4 aromatic rings. The van der Waals surface area contributed by atoms with Crippen molar-refractivity contribution in [2.45, 2.75) is 19.8 Å². The number of hydrogen-bond donors (Lipinski definition) is 1. The molecule has 5 nitrogen and oxygen atoms in total. The molecule has 28 heavy (non-hydrogen) atoms. The first-order valence-electron chi connectivity index (χ1n) is 8.76. The summed E-state index contributed by atoms with van der Waals surface area (Å²) in [4.78, 5) is 17.4. The zero-order valence-corrected chi connectivity index (χ0v) is 17.3. The number of carbonyl (C=O) groups is 1. The molecule has 0 radical (unpaired) electrons. The largest absolute Gasteiger partial charge is 0.298 e. The van der Waals surface area contributed by atoms with E-state index >= 15 is 0 Å². The van der Waals surface area contributed by atoms with E-state index in [2.05, 4.69) is 22.3 Å². The van der Waals surface area contributed by atoms with E-state index in [0.29, 0.717) is 26.3 Å². The number of hydrogen-bond acceptors (Lipinski definition) is 4. The van der Waals surface area contributed by atoms with Gasteiger partial charge in [-0.2, -0.15) is 5.10 Å². The van der Waals surface area contributed by atoms with Crippen molar-refractivity contribution >= 4 is 55.8 Å². The normalized spacial score (nSPS) is 11.1. The summed E-state index contributed by atoms with van der Waals surface area (Å²) in [5, 5.41) is 9.04. The van der Waals surface area contributed by atoms with Crippen molar-refractivity contribution in [3.8, 4) is 5.69 Å². The van der Waals surface area contributed by atoms with Gasteiger partial charge in [0.05, 0.1) is 32.9 Å². The number of anilines is 1. The van der Waals surface area contributed by atoms with Crippen LogP contribution in [0, 0.1) is 0 Å². The molecule has 1 amide bonds. The molecule has 0 aliphatic heterocycles. The Kier molecular flexibility index (Phi) is 5.35. The summed E-state index contributed by atoms with van der Waals surface area (Å²) >= 11 is 13.6. The summed E-state index contributed by atoms with van der Waals surface area (Å²) in [6.45, 7) is 2.07. The van der Waals surface area contributed by atoms with E-state index in [1.54, 1.807) is 29.1 Å². The summed E-state index contributed by atoms with van der Waals surface area (Å²) in [6.07, 6.45) is 3.20. The first-order valence-corrected chi connectivity index (χ1v) is 10.3. The van der Waals surface area contributed by atoms with Crippen LogP contribution in [0.2, 0.25) is 10.0 Å². The lowest BCUT2D eigenvalue weighted by molar-refractivity contribution is 0.102. The maximum absolute atomic E-state index is 12.9. The van der Waals surface area contributed by atoms with Crippen molar-refractivity contribution in [3.63, 3.8) is 0 Å². The maximum Gasteiger partial charge on any atom is 0.260 e. The minimum atomic E-state index is -0.237. The number of aromatic nitrogens is 3. The fourth-order valence-electron chi connectivity index (χ4n) is 2.98. The van der Waals surface area contributed by atoms with Crippen molar-refractivity contribution in [2.24, 2.45) is 0 Å². The van der Waals surface area contributed by atoms with E-state index in [4.69, 9.17) is 23.2 Å². The molecule has 2 aromatic carbocycles. The number of nitrogens with one attached hydrogen (secondary N) is 1. The molecular formula is C20H16Cl2N4OS. The standard InChI is InChI=1S/C20H16Cl2N4OS/c1-2-4-16-14(11-23-26(16)13-9-7-12(21)8-10-13)19(27)25-20-24-18-15(22)5-3-6-17(18)28-20/h3,5-11H,2,4H2,1H3,(H,24,25,27). The second kappa shape index (κ2) is 7.91. The van der Waals surface area contributed by atoms with Crippen molar-refractivity contribution in [1.82, 2.24) is 14.8 Å². The number of rotatable bonds is 5. The third kappa shape index (κ3) is 3.63. The second-order valence-electron chi connectivity index (χ2n) is 6.20. The molecule has 2 heterocycles. The van der Waals surface area contributed by atoms with Crippen LogP contribution in [-0.2, 0) is 6.42 Å². The van der Waals surface area contributed by atoms with E-state index in [1.165, 1.54) is 11.3 Å². The zero-order chi connectivity index (χ0) is 19.7. The summed E-state index contributed by atoms with van der Waals surface area (Å²) in [6, 6.07) is 12.9. The first kappa shape index (κ1) is 18.9. The fraction of sp³-hybridized carbons (Fsp3) is 0.150. The van der Waals surface area contributed by atoms with Crippen LogP contribution in [0.15, 0.2) is 48.7 Å². The van der Waals surface area contributed by atoms with Crippen molar-refractivity contribution in [2.75, 3.05) is 5.32 Å². The lowest BCUT2D eigenvalue weighted by atomic mass is 10.1. The molecule has 142 valence electrons. The van der Waals surface area contributed by atoms with Gasteiger partial charge in [0.1, 0.15) is 5.52 Å². The van der Waals surface area contributed by atoms with Gasteiger partial charge in [0.25, 0.3) is 5.91 Å². The number of carbonyl (C=O) groups excluding carboxylic acids is 1. The number of halogens is 2. The van der Waals surface area contributed by atoms with Crippen LogP contribution in [0.5, 0.6) is 0 Å². The van der Waals surface area contributed by atoms with Gasteiger partial charge in [-0.1, -0.05) is 53.9 Å². The third-order valence-corrected chi connectivity index (χ3v) is 5.75. The number of benzene rings is 2. The number of fused-ring (bicyclic) bond motifs is 1. The van der Waals surface area contributed by atoms with Gasteiger partial charge < -0.3 is 0 Å².